The van der Waals surface area contributed by atoms with E-state index in [0.717, 1.165) is 0 Å². The number of amides is 1. The summed E-state index contributed by atoms with van der Waals surface area (Å²) in [5.74, 6) is 3.26. The van der Waals surface area contributed by atoms with Crippen molar-refractivity contribution in [2.75, 3.05) is 13.7 Å². The zero-order chi connectivity index (χ0) is 16.0. The smallest absolute Gasteiger partial charge is 0.251 e. The van der Waals surface area contributed by atoms with Crippen LogP contribution >= 0.6 is 0 Å². The number of rotatable bonds is 5. The van der Waals surface area contributed by atoms with Crippen LogP contribution in [0.15, 0.2) is 18.2 Å². The van der Waals surface area contributed by atoms with E-state index in [9.17, 15) is 4.79 Å². The molecule has 0 aliphatic rings. The van der Waals surface area contributed by atoms with E-state index in [1.54, 1.807) is 18.2 Å². The van der Waals surface area contributed by atoms with Gasteiger partial charge in [-0.05, 0) is 30.5 Å². The molecule has 0 heterocycles. The molecular weight excluding hydrogens is 266 g/mol. The molecule has 21 heavy (non-hydrogen) atoms. The van der Waals surface area contributed by atoms with Gasteiger partial charge in [0.2, 0.25) is 0 Å². The topological polar surface area (TPSA) is 47.6 Å². The average molecular weight is 289 g/mol. The van der Waals surface area contributed by atoms with Gasteiger partial charge in [0.25, 0.3) is 5.91 Å². The highest BCUT2D eigenvalue weighted by Crippen LogP contribution is 2.28. The van der Waals surface area contributed by atoms with E-state index < -0.39 is 0 Å². The number of hydrogen-bond donors (Lipinski definition) is 1. The molecule has 1 atom stereocenters. The van der Waals surface area contributed by atoms with Crippen LogP contribution < -0.4 is 14.8 Å². The summed E-state index contributed by atoms with van der Waals surface area (Å²) in [6.45, 7) is 8.38. The van der Waals surface area contributed by atoms with Crippen molar-refractivity contribution in [2.24, 2.45) is 5.41 Å². The maximum absolute atomic E-state index is 12.3. The molecule has 0 aromatic heterocycles. The molecule has 0 fully saturated rings. The predicted octanol–water partition coefficient (Wildman–Crippen LogP) is 2.87. The Bertz CT molecular complexity index is 538. The van der Waals surface area contributed by atoms with E-state index in [4.69, 9.17) is 15.9 Å². The number of carbonyl (C=O) groups is 1. The Morgan fingerprint density at radius 2 is 2.05 bits per heavy atom. The van der Waals surface area contributed by atoms with Gasteiger partial charge in [-0.25, -0.2) is 0 Å². The minimum Gasteiger partial charge on any atom is -0.493 e. The Morgan fingerprint density at radius 3 is 2.57 bits per heavy atom. The first-order valence-corrected chi connectivity index (χ1v) is 6.84. The highest BCUT2D eigenvalue weighted by atomic mass is 16.5. The lowest BCUT2D eigenvalue weighted by atomic mass is 9.88. The highest BCUT2D eigenvalue weighted by Gasteiger charge is 2.22. The standard InChI is InChI=1S/C17H23NO3/c1-7-10-21-14-9-8-13(11-15(14)20-6)16(19)18-12(2)17(3,4)5/h1,8-9,11-12H,10H2,2-6H3,(H,18,19)/t12-/m0/s1. The summed E-state index contributed by atoms with van der Waals surface area (Å²) in [5.41, 5.74) is 0.520. The fraction of sp³-hybridized carbons (Fsp3) is 0.471. The molecule has 114 valence electrons. The average Bonchev–Trinajstić information content (AvgIpc) is 2.43. The summed E-state index contributed by atoms with van der Waals surface area (Å²) in [6.07, 6.45) is 5.16. The van der Waals surface area contributed by atoms with Crippen molar-refractivity contribution in [3.05, 3.63) is 23.8 Å². The van der Waals surface area contributed by atoms with Crippen LogP contribution in [0.5, 0.6) is 11.5 Å². The molecule has 1 rings (SSSR count). The van der Waals surface area contributed by atoms with E-state index in [2.05, 4.69) is 32.0 Å². The monoisotopic (exact) mass is 289 g/mol. The lowest BCUT2D eigenvalue weighted by molar-refractivity contribution is 0.0909. The van der Waals surface area contributed by atoms with E-state index in [1.165, 1.54) is 7.11 Å². The Kier molecular flexibility index (Phi) is 5.66. The second-order valence-electron chi connectivity index (χ2n) is 5.92. The predicted molar refractivity (Wildman–Crippen MR) is 83.7 cm³/mol. The zero-order valence-corrected chi connectivity index (χ0v) is 13.3. The normalized spacial score (nSPS) is 12.2. The summed E-state index contributed by atoms with van der Waals surface area (Å²) in [6, 6.07) is 5.08. The minimum absolute atomic E-state index is 0.00437. The van der Waals surface area contributed by atoms with Gasteiger partial charge in [0, 0.05) is 11.6 Å². The van der Waals surface area contributed by atoms with Crippen LogP contribution in [0.3, 0.4) is 0 Å². The van der Waals surface area contributed by atoms with E-state index in [-0.39, 0.29) is 24.0 Å². The van der Waals surface area contributed by atoms with Crippen molar-refractivity contribution in [1.29, 1.82) is 0 Å². The molecular formula is C17H23NO3. The molecule has 4 nitrogen and oxygen atoms in total. The lowest BCUT2D eigenvalue weighted by Crippen LogP contribution is -2.41. The molecule has 0 bridgehead atoms. The van der Waals surface area contributed by atoms with Crippen molar-refractivity contribution in [3.63, 3.8) is 0 Å². The van der Waals surface area contributed by atoms with Crippen LogP contribution in [0.2, 0.25) is 0 Å². The molecule has 1 aromatic rings. The number of ether oxygens (including phenoxy) is 2. The third kappa shape index (κ3) is 4.71. The van der Waals surface area contributed by atoms with Crippen molar-refractivity contribution in [1.82, 2.24) is 5.32 Å². The first-order chi connectivity index (χ1) is 9.79. The maximum atomic E-state index is 12.3. The van der Waals surface area contributed by atoms with Crippen LogP contribution in [0.1, 0.15) is 38.1 Å². The lowest BCUT2D eigenvalue weighted by Gasteiger charge is -2.28. The first kappa shape index (κ1) is 16.9. The summed E-state index contributed by atoms with van der Waals surface area (Å²) in [4.78, 5) is 12.3. The Morgan fingerprint density at radius 1 is 1.38 bits per heavy atom. The van der Waals surface area contributed by atoms with Crippen LogP contribution in [-0.4, -0.2) is 25.7 Å². The number of terminal acetylenes is 1. The Labute approximate surface area is 126 Å². The molecule has 1 aromatic carbocycles. The molecule has 0 aliphatic carbocycles. The second kappa shape index (κ2) is 7.03. The summed E-state index contributed by atoms with van der Waals surface area (Å²) in [5, 5.41) is 2.98. The highest BCUT2D eigenvalue weighted by molar-refractivity contribution is 5.95. The van der Waals surface area contributed by atoms with Crippen LogP contribution in [0.25, 0.3) is 0 Å². The third-order valence-corrected chi connectivity index (χ3v) is 3.38. The molecule has 0 saturated heterocycles. The van der Waals surface area contributed by atoms with Crippen molar-refractivity contribution < 1.29 is 14.3 Å². The maximum Gasteiger partial charge on any atom is 0.251 e. The molecule has 1 N–H and O–H groups in total. The Balaban J connectivity index is 2.89. The fourth-order valence-electron chi connectivity index (χ4n) is 1.54. The number of benzene rings is 1. The van der Waals surface area contributed by atoms with Crippen LogP contribution in [0, 0.1) is 17.8 Å². The van der Waals surface area contributed by atoms with E-state index >= 15 is 0 Å². The van der Waals surface area contributed by atoms with Crippen molar-refractivity contribution >= 4 is 5.91 Å². The van der Waals surface area contributed by atoms with Crippen LogP contribution in [-0.2, 0) is 0 Å². The molecule has 4 heteroatoms. The van der Waals surface area contributed by atoms with E-state index in [1.807, 2.05) is 6.92 Å². The first-order valence-electron chi connectivity index (χ1n) is 6.84. The molecule has 1 amide bonds. The summed E-state index contributed by atoms with van der Waals surface area (Å²) in [7, 11) is 1.53. The largest absolute Gasteiger partial charge is 0.493 e. The van der Waals surface area contributed by atoms with Crippen molar-refractivity contribution in [2.45, 2.75) is 33.7 Å². The number of nitrogens with one attached hydrogen (secondary N) is 1. The summed E-state index contributed by atoms with van der Waals surface area (Å²) >= 11 is 0. The fourth-order valence-corrected chi connectivity index (χ4v) is 1.54. The molecule has 0 spiro atoms. The van der Waals surface area contributed by atoms with Gasteiger partial charge in [-0.2, -0.15) is 0 Å². The van der Waals surface area contributed by atoms with Gasteiger partial charge in [0.05, 0.1) is 7.11 Å². The quantitative estimate of drug-likeness (QED) is 0.848. The van der Waals surface area contributed by atoms with Gasteiger partial charge in [0.15, 0.2) is 11.5 Å². The van der Waals surface area contributed by atoms with Gasteiger partial charge in [0.1, 0.15) is 6.61 Å². The zero-order valence-electron chi connectivity index (χ0n) is 13.3. The van der Waals surface area contributed by atoms with Gasteiger partial charge >= 0.3 is 0 Å². The van der Waals surface area contributed by atoms with Gasteiger partial charge < -0.3 is 14.8 Å². The number of hydrogen-bond acceptors (Lipinski definition) is 3. The van der Waals surface area contributed by atoms with E-state index in [0.29, 0.717) is 17.1 Å². The third-order valence-electron chi connectivity index (χ3n) is 3.38. The van der Waals surface area contributed by atoms with Gasteiger partial charge in [-0.15, -0.1) is 6.42 Å². The van der Waals surface area contributed by atoms with Gasteiger partial charge in [-0.1, -0.05) is 26.7 Å². The molecule has 0 radical (unpaired) electrons. The second-order valence-corrected chi connectivity index (χ2v) is 5.92. The number of methoxy groups -OCH3 is 1. The van der Waals surface area contributed by atoms with Crippen LogP contribution in [0.4, 0.5) is 0 Å². The minimum atomic E-state index is -0.140. The SMILES string of the molecule is C#CCOc1ccc(C(=O)N[C@@H](C)C(C)(C)C)cc1OC. The molecule has 0 unspecified atom stereocenters. The number of carbonyl (C=O) groups excluding carboxylic acids is 1. The summed E-state index contributed by atoms with van der Waals surface area (Å²) < 4.78 is 10.6. The Hall–Kier alpha value is -2.15. The molecule has 0 saturated carbocycles. The van der Waals surface area contributed by atoms with Gasteiger partial charge in [-0.3, -0.25) is 4.79 Å². The molecule has 0 aliphatic heterocycles. The van der Waals surface area contributed by atoms with Crippen molar-refractivity contribution in [3.8, 4) is 23.8 Å².